The fraction of sp³-hybridized carbons (Fsp3) is 0.357. The molecular formula is C14H17ClN2. The zero-order chi connectivity index (χ0) is 10.8. The van der Waals surface area contributed by atoms with Crippen LogP contribution in [0.3, 0.4) is 0 Å². The Kier molecular flexibility index (Phi) is 3.97. The minimum Gasteiger partial charge on any atom is -0.317 e. The van der Waals surface area contributed by atoms with Crippen molar-refractivity contribution in [2.75, 3.05) is 13.1 Å². The lowest BCUT2D eigenvalue weighted by molar-refractivity contribution is 0.454. The van der Waals surface area contributed by atoms with Gasteiger partial charge in [0, 0.05) is 23.2 Å². The molecule has 0 bridgehead atoms. The van der Waals surface area contributed by atoms with E-state index in [1.165, 1.54) is 29.3 Å². The molecule has 90 valence electrons. The van der Waals surface area contributed by atoms with Crippen molar-refractivity contribution in [1.29, 1.82) is 0 Å². The molecule has 1 saturated heterocycles. The Labute approximate surface area is 108 Å². The quantitative estimate of drug-likeness (QED) is 0.839. The molecule has 0 aliphatic carbocycles. The maximum absolute atomic E-state index is 4.60. The van der Waals surface area contributed by atoms with Crippen molar-refractivity contribution >= 4 is 23.2 Å². The van der Waals surface area contributed by atoms with Gasteiger partial charge >= 0.3 is 0 Å². The monoisotopic (exact) mass is 248 g/mol. The number of hydrogen-bond donors (Lipinski definition) is 1. The summed E-state index contributed by atoms with van der Waals surface area (Å²) in [6, 6.07) is 10.7. The summed E-state index contributed by atoms with van der Waals surface area (Å²) in [6.45, 7) is 2.25. The van der Waals surface area contributed by atoms with Crippen LogP contribution >= 0.6 is 12.4 Å². The number of nitrogens with one attached hydrogen (secondary N) is 1. The third kappa shape index (κ3) is 2.59. The molecule has 1 aliphatic rings. The normalized spacial score (nSPS) is 16.7. The molecule has 0 unspecified atom stereocenters. The van der Waals surface area contributed by atoms with E-state index in [0.29, 0.717) is 5.92 Å². The van der Waals surface area contributed by atoms with Crippen LogP contribution in [0.15, 0.2) is 36.5 Å². The van der Waals surface area contributed by atoms with E-state index in [9.17, 15) is 0 Å². The lowest BCUT2D eigenvalue weighted by atomic mass is 9.93. The predicted molar refractivity (Wildman–Crippen MR) is 73.8 cm³/mol. The smallest absolute Gasteiger partial charge is 0.0441 e. The maximum Gasteiger partial charge on any atom is 0.0441 e. The van der Waals surface area contributed by atoms with Crippen LogP contribution in [0.25, 0.3) is 10.8 Å². The first kappa shape index (κ1) is 12.3. The highest BCUT2D eigenvalue weighted by molar-refractivity contribution is 5.85. The molecule has 3 heteroatoms. The minimum absolute atomic E-state index is 0. The van der Waals surface area contributed by atoms with Crippen LogP contribution in [-0.4, -0.2) is 18.1 Å². The Bertz CT molecular complexity index is 492. The molecule has 1 N–H and O–H groups in total. The van der Waals surface area contributed by atoms with Crippen molar-refractivity contribution < 1.29 is 0 Å². The number of benzene rings is 1. The van der Waals surface area contributed by atoms with Gasteiger partial charge in [0.2, 0.25) is 0 Å². The van der Waals surface area contributed by atoms with Crippen LogP contribution in [0.4, 0.5) is 0 Å². The molecule has 3 rings (SSSR count). The fourth-order valence-corrected chi connectivity index (χ4v) is 2.44. The van der Waals surface area contributed by atoms with Crippen LogP contribution in [-0.2, 0) is 0 Å². The zero-order valence-corrected chi connectivity index (χ0v) is 10.5. The minimum atomic E-state index is 0. The Hall–Kier alpha value is -1.12. The summed E-state index contributed by atoms with van der Waals surface area (Å²) >= 11 is 0. The molecule has 0 atom stereocenters. The summed E-state index contributed by atoms with van der Waals surface area (Å²) in [5, 5.41) is 5.94. The Morgan fingerprint density at radius 3 is 2.53 bits per heavy atom. The van der Waals surface area contributed by atoms with Gasteiger partial charge in [0.25, 0.3) is 0 Å². The van der Waals surface area contributed by atoms with Gasteiger partial charge in [0.05, 0.1) is 0 Å². The summed E-state index contributed by atoms with van der Waals surface area (Å²) < 4.78 is 0. The zero-order valence-electron chi connectivity index (χ0n) is 9.73. The Balaban J connectivity index is 0.00000108. The third-order valence-corrected chi connectivity index (χ3v) is 3.41. The molecule has 1 aromatic heterocycles. The molecule has 0 spiro atoms. The van der Waals surface area contributed by atoms with Gasteiger partial charge in [-0.2, -0.15) is 0 Å². The SMILES string of the molecule is Cl.c1ccc2cc(C3CCNCC3)ncc2c1. The van der Waals surface area contributed by atoms with Crippen molar-refractivity contribution in [2.24, 2.45) is 0 Å². The van der Waals surface area contributed by atoms with E-state index in [1.54, 1.807) is 0 Å². The topological polar surface area (TPSA) is 24.9 Å². The summed E-state index contributed by atoms with van der Waals surface area (Å²) in [7, 11) is 0. The van der Waals surface area contributed by atoms with Crippen molar-refractivity contribution in [3.63, 3.8) is 0 Å². The van der Waals surface area contributed by atoms with Crippen LogP contribution in [0.2, 0.25) is 0 Å². The largest absolute Gasteiger partial charge is 0.317 e. The second kappa shape index (κ2) is 5.48. The molecule has 1 aromatic carbocycles. The summed E-state index contributed by atoms with van der Waals surface area (Å²) in [4.78, 5) is 4.60. The first-order valence-electron chi connectivity index (χ1n) is 5.99. The van der Waals surface area contributed by atoms with Gasteiger partial charge in [0.1, 0.15) is 0 Å². The van der Waals surface area contributed by atoms with Crippen LogP contribution < -0.4 is 5.32 Å². The molecule has 2 aromatic rings. The Morgan fingerprint density at radius 2 is 1.76 bits per heavy atom. The number of hydrogen-bond acceptors (Lipinski definition) is 2. The summed E-state index contributed by atoms with van der Waals surface area (Å²) in [6.07, 6.45) is 4.43. The number of halogens is 1. The molecule has 2 nitrogen and oxygen atoms in total. The molecule has 0 saturated carbocycles. The maximum atomic E-state index is 4.60. The Morgan fingerprint density at radius 1 is 1.06 bits per heavy atom. The lowest BCUT2D eigenvalue weighted by Gasteiger charge is -2.22. The fourth-order valence-electron chi connectivity index (χ4n) is 2.44. The van der Waals surface area contributed by atoms with Crippen LogP contribution in [0, 0.1) is 0 Å². The van der Waals surface area contributed by atoms with Crippen molar-refractivity contribution in [3.05, 3.63) is 42.2 Å². The number of fused-ring (bicyclic) bond motifs is 1. The number of piperidine rings is 1. The van der Waals surface area contributed by atoms with Crippen molar-refractivity contribution in [3.8, 4) is 0 Å². The molecule has 1 fully saturated rings. The predicted octanol–water partition coefficient (Wildman–Crippen LogP) is 3.12. The number of rotatable bonds is 1. The van der Waals surface area contributed by atoms with Crippen LogP contribution in [0.1, 0.15) is 24.5 Å². The first-order valence-corrected chi connectivity index (χ1v) is 5.99. The van der Waals surface area contributed by atoms with E-state index in [-0.39, 0.29) is 12.4 Å². The first-order chi connectivity index (χ1) is 7.93. The third-order valence-electron chi connectivity index (χ3n) is 3.41. The van der Waals surface area contributed by atoms with Gasteiger partial charge in [-0.3, -0.25) is 4.98 Å². The average molecular weight is 249 g/mol. The van der Waals surface area contributed by atoms with E-state index in [4.69, 9.17) is 0 Å². The molecule has 0 amide bonds. The molecule has 1 aliphatic heterocycles. The van der Waals surface area contributed by atoms with Gasteiger partial charge in [-0.15, -0.1) is 12.4 Å². The number of aromatic nitrogens is 1. The van der Waals surface area contributed by atoms with E-state index in [1.807, 2.05) is 6.20 Å². The van der Waals surface area contributed by atoms with Crippen molar-refractivity contribution in [2.45, 2.75) is 18.8 Å². The average Bonchev–Trinajstić information content (AvgIpc) is 2.39. The van der Waals surface area contributed by atoms with E-state index >= 15 is 0 Å². The van der Waals surface area contributed by atoms with E-state index in [2.05, 4.69) is 40.6 Å². The van der Waals surface area contributed by atoms with Gasteiger partial charge < -0.3 is 5.32 Å². The highest BCUT2D eigenvalue weighted by atomic mass is 35.5. The summed E-state index contributed by atoms with van der Waals surface area (Å²) in [5.74, 6) is 0.644. The second-order valence-electron chi connectivity index (χ2n) is 4.48. The van der Waals surface area contributed by atoms with Gasteiger partial charge in [0.15, 0.2) is 0 Å². The molecular weight excluding hydrogens is 232 g/mol. The highest BCUT2D eigenvalue weighted by Gasteiger charge is 2.16. The van der Waals surface area contributed by atoms with Crippen LogP contribution in [0.5, 0.6) is 0 Å². The lowest BCUT2D eigenvalue weighted by Crippen LogP contribution is -2.27. The van der Waals surface area contributed by atoms with Crippen molar-refractivity contribution in [1.82, 2.24) is 10.3 Å². The van der Waals surface area contributed by atoms with Gasteiger partial charge in [-0.25, -0.2) is 0 Å². The summed E-state index contributed by atoms with van der Waals surface area (Å²) in [5.41, 5.74) is 1.26. The molecule has 17 heavy (non-hydrogen) atoms. The second-order valence-corrected chi connectivity index (χ2v) is 4.48. The number of nitrogens with zero attached hydrogens (tertiary/aromatic N) is 1. The number of pyridine rings is 1. The van der Waals surface area contributed by atoms with E-state index < -0.39 is 0 Å². The highest BCUT2D eigenvalue weighted by Crippen LogP contribution is 2.25. The molecule has 0 radical (unpaired) electrons. The molecule has 2 heterocycles. The standard InChI is InChI=1S/C14H16N2.ClH/c1-2-4-13-10-16-14(9-12(13)3-1)11-5-7-15-8-6-11;/h1-4,9-11,15H,5-8H2;1H. The van der Waals surface area contributed by atoms with E-state index in [0.717, 1.165) is 13.1 Å². The van der Waals surface area contributed by atoms with Gasteiger partial charge in [-0.1, -0.05) is 24.3 Å². The van der Waals surface area contributed by atoms with Gasteiger partial charge in [-0.05, 0) is 37.4 Å².